The standard InChI is InChI=1S/C15H22N2O5/c1-9(2)7-11(15(20)21)8-16-13(18)10(3)17-14(19)12-5-4-6-22-12/h4-6,9-11H,7-8H2,1-3H3,(H,16,18)(H,17,19)(H,20,21). The Labute approximate surface area is 129 Å². The molecule has 2 amide bonds. The third-order valence-corrected chi connectivity index (χ3v) is 3.11. The van der Waals surface area contributed by atoms with Crippen LogP contribution in [-0.2, 0) is 9.59 Å². The molecular formula is C15H22N2O5. The topological polar surface area (TPSA) is 109 Å². The predicted octanol–water partition coefficient (Wildman–Crippen LogP) is 1.26. The van der Waals surface area contributed by atoms with Crippen LogP contribution in [0.4, 0.5) is 0 Å². The fourth-order valence-electron chi connectivity index (χ4n) is 1.96. The Hall–Kier alpha value is -2.31. The van der Waals surface area contributed by atoms with Crippen LogP contribution in [0.25, 0.3) is 0 Å². The van der Waals surface area contributed by atoms with E-state index in [0.717, 1.165) is 0 Å². The quantitative estimate of drug-likeness (QED) is 0.670. The molecular weight excluding hydrogens is 288 g/mol. The Balaban J connectivity index is 2.46. The van der Waals surface area contributed by atoms with Gasteiger partial charge >= 0.3 is 5.97 Å². The number of hydrogen-bond acceptors (Lipinski definition) is 4. The number of nitrogens with one attached hydrogen (secondary N) is 2. The normalized spacial score (nSPS) is 13.5. The van der Waals surface area contributed by atoms with Crippen molar-refractivity contribution in [2.24, 2.45) is 11.8 Å². The first kappa shape index (κ1) is 17.7. The van der Waals surface area contributed by atoms with E-state index in [9.17, 15) is 14.4 Å². The number of carboxylic acids is 1. The first-order chi connectivity index (χ1) is 10.3. The smallest absolute Gasteiger partial charge is 0.308 e. The van der Waals surface area contributed by atoms with Gasteiger partial charge in [-0.25, -0.2) is 0 Å². The van der Waals surface area contributed by atoms with Gasteiger partial charge in [0.25, 0.3) is 5.91 Å². The zero-order chi connectivity index (χ0) is 16.7. The van der Waals surface area contributed by atoms with Gasteiger partial charge in [0.05, 0.1) is 12.2 Å². The summed E-state index contributed by atoms with van der Waals surface area (Å²) in [6.07, 6.45) is 1.84. The molecule has 0 fully saturated rings. The molecule has 3 N–H and O–H groups in total. The van der Waals surface area contributed by atoms with Crippen molar-refractivity contribution in [3.63, 3.8) is 0 Å². The zero-order valence-corrected chi connectivity index (χ0v) is 13.0. The van der Waals surface area contributed by atoms with Crippen LogP contribution in [0, 0.1) is 11.8 Å². The van der Waals surface area contributed by atoms with Crippen molar-refractivity contribution in [3.8, 4) is 0 Å². The lowest BCUT2D eigenvalue weighted by Gasteiger charge is -2.18. The fraction of sp³-hybridized carbons (Fsp3) is 0.533. The number of carboxylic acid groups (broad SMARTS) is 1. The van der Waals surface area contributed by atoms with Crippen LogP contribution in [0.3, 0.4) is 0 Å². The van der Waals surface area contributed by atoms with Crippen LogP contribution in [0.1, 0.15) is 37.7 Å². The van der Waals surface area contributed by atoms with Crippen LogP contribution in [0.15, 0.2) is 22.8 Å². The molecule has 0 radical (unpaired) electrons. The van der Waals surface area contributed by atoms with Crippen molar-refractivity contribution in [1.82, 2.24) is 10.6 Å². The summed E-state index contributed by atoms with van der Waals surface area (Å²) in [4.78, 5) is 34.8. The number of carbonyl (C=O) groups excluding carboxylic acids is 2. The van der Waals surface area contributed by atoms with Gasteiger partial charge in [0.1, 0.15) is 6.04 Å². The molecule has 0 aliphatic rings. The van der Waals surface area contributed by atoms with E-state index in [0.29, 0.717) is 6.42 Å². The minimum atomic E-state index is -0.943. The Morgan fingerprint density at radius 3 is 2.45 bits per heavy atom. The van der Waals surface area contributed by atoms with Crippen LogP contribution < -0.4 is 10.6 Å². The molecule has 1 aromatic heterocycles. The van der Waals surface area contributed by atoms with Gasteiger partial charge in [0.2, 0.25) is 5.91 Å². The summed E-state index contributed by atoms with van der Waals surface area (Å²) in [5, 5.41) is 14.1. The molecule has 0 saturated heterocycles. The molecule has 0 spiro atoms. The Bertz CT molecular complexity index is 510. The molecule has 0 saturated carbocycles. The third-order valence-electron chi connectivity index (χ3n) is 3.11. The van der Waals surface area contributed by atoms with E-state index in [1.165, 1.54) is 19.3 Å². The average molecular weight is 310 g/mol. The van der Waals surface area contributed by atoms with Gasteiger partial charge in [0, 0.05) is 6.54 Å². The highest BCUT2D eigenvalue weighted by molar-refractivity contribution is 5.95. The van der Waals surface area contributed by atoms with Crippen LogP contribution in [0.2, 0.25) is 0 Å². The van der Waals surface area contributed by atoms with Crippen molar-refractivity contribution in [2.45, 2.75) is 33.2 Å². The zero-order valence-electron chi connectivity index (χ0n) is 13.0. The van der Waals surface area contributed by atoms with E-state index in [4.69, 9.17) is 9.52 Å². The van der Waals surface area contributed by atoms with Gasteiger partial charge in [-0.1, -0.05) is 13.8 Å². The molecule has 22 heavy (non-hydrogen) atoms. The molecule has 2 atom stereocenters. The molecule has 0 aliphatic heterocycles. The molecule has 0 bridgehead atoms. The molecule has 1 aromatic rings. The maximum absolute atomic E-state index is 11.9. The van der Waals surface area contributed by atoms with E-state index in [1.54, 1.807) is 6.07 Å². The minimum Gasteiger partial charge on any atom is -0.481 e. The molecule has 2 unspecified atom stereocenters. The van der Waals surface area contributed by atoms with E-state index >= 15 is 0 Å². The summed E-state index contributed by atoms with van der Waals surface area (Å²) in [7, 11) is 0. The number of hydrogen-bond donors (Lipinski definition) is 3. The largest absolute Gasteiger partial charge is 0.481 e. The van der Waals surface area contributed by atoms with Crippen molar-refractivity contribution in [2.75, 3.05) is 6.54 Å². The molecule has 1 rings (SSSR count). The third kappa shape index (κ3) is 5.59. The van der Waals surface area contributed by atoms with Crippen LogP contribution >= 0.6 is 0 Å². The maximum atomic E-state index is 11.9. The van der Waals surface area contributed by atoms with Gasteiger partial charge < -0.3 is 20.2 Å². The van der Waals surface area contributed by atoms with Gasteiger partial charge in [0.15, 0.2) is 5.76 Å². The van der Waals surface area contributed by atoms with E-state index in [1.807, 2.05) is 13.8 Å². The molecule has 1 heterocycles. The lowest BCUT2D eigenvalue weighted by atomic mass is 9.97. The fourth-order valence-corrected chi connectivity index (χ4v) is 1.96. The minimum absolute atomic E-state index is 0.0350. The summed E-state index contributed by atoms with van der Waals surface area (Å²) in [6.45, 7) is 5.40. The second kappa shape index (κ2) is 8.21. The molecule has 7 heteroatoms. The monoisotopic (exact) mass is 310 g/mol. The predicted molar refractivity (Wildman–Crippen MR) is 79.2 cm³/mol. The van der Waals surface area contributed by atoms with E-state index < -0.39 is 29.7 Å². The molecule has 7 nitrogen and oxygen atoms in total. The second-order valence-electron chi connectivity index (χ2n) is 5.58. The highest BCUT2D eigenvalue weighted by Crippen LogP contribution is 2.11. The average Bonchev–Trinajstić information content (AvgIpc) is 2.96. The lowest BCUT2D eigenvalue weighted by Crippen LogP contribution is -2.46. The first-order valence-corrected chi connectivity index (χ1v) is 7.16. The maximum Gasteiger partial charge on any atom is 0.308 e. The number of carbonyl (C=O) groups is 3. The Morgan fingerprint density at radius 2 is 1.95 bits per heavy atom. The second-order valence-corrected chi connectivity index (χ2v) is 5.58. The summed E-state index contributed by atoms with van der Waals surface area (Å²) in [5.74, 6) is -2.19. The van der Waals surface area contributed by atoms with Gasteiger partial charge in [-0.3, -0.25) is 14.4 Å². The Kier molecular flexibility index (Phi) is 6.62. The summed E-state index contributed by atoms with van der Waals surface area (Å²) < 4.78 is 4.93. The van der Waals surface area contributed by atoms with Gasteiger partial charge in [-0.2, -0.15) is 0 Å². The number of amides is 2. The number of aliphatic carboxylic acids is 1. The lowest BCUT2D eigenvalue weighted by molar-refractivity contribution is -0.142. The highest BCUT2D eigenvalue weighted by atomic mass is 16.4. The molecule has 0 aromatic carbocycles. The van der Waals surface area contributed by atoms with E-state index in [2.05, 4.69) is 10.6 Å². The summed E-state index contributed by atoms with van der Waals surface area (Å²) >= 11 is 0. The van der Waals surface area contributed by atoms with Crippen molar-refractivity contribution in [3.05, 3.63) is 24.2 Å². The summed E-state index contributed by atoms with van der Waals surface area (Å²) in [6, 6.07) is 2.28. The SMILES string of the molecule is CC(C)CC(CNC(=O)C(C)NC(=O)c1ccco1)C(=O)O. The van der Waals surface area contributed by atoms with Crippen LogP contribution in [-0.4, -0.2) is 35.5 Å². The van der Waals surface area contributed by atoms with Crippen molar-refractivity contribution >= 4 is 17.8 Å². The van der Waals surface area contributed by atoms with Crippen LogP contribution in [0.5, 0.6) is 0 Å². The first-order valence-electron chi connectivity index (χ1n) is 7.16. The Morgan fingerprint density at radius 1 is 1.27 bits per heavy atom. The van der Waals surface area contributed by atoms with Crippen molar-refractivity contribution in [1.29, 1.82) is 0 Å². The summed E-state index contributed by atoms with van der Waals surface area (Å²) in [5.41, 5.74) is 0. The van der Waals surface area contributed by atoms with E-state index in [-0.39, 0.29) is 18.2 Å². The molecule has 122 valence electrons. The van der Waals surface area contributed by atoms with Gasteiger partial charge in [-0.15, -0.1) is 0 Å². The van der Waals surface area contributed by atoms with Gasteiger partial charge in [-0.05, 0) is 31.4 Å². The highest BCUT2D eigenvalue weighted by Gasteiger charge is 2.22. The van der Waals surface area contributed by atoms with Crippen molar-refractivity contribution < 1.29 is 23.9 Å². The number of furan rings is 1. The molecule has 0 aliphatic carbocycles. The number of rotatable bonds is 8.